The van der Waals surface area contributed by atoms with Gasteiger partial charge in [0.05, 0.1) is 26.4 Å². The van der Waals surface area contributed by atoms with Crippen molar-refractivity contribution in [1.82, 2.24) is 5.43 Å². The number of nitrogens with one attached hydrogen (secondary N) is 1. The van der Waals surface area contributed by atoms with Gasteiger partial charge in [-0.2, -0.15) is 5.10 Å². The second kappa shape index (κ2) is 9.74. The van der Waals surface area contributed by atoms with E-state index in [4.69, 9.17) is 9.47 Å². The van der Waals surface area contributed by atoms with Crippen molar-refractivity contribution in [1.29, 1.82) is 0 Å². The summed E-state index contributed by atoms with van der Waals surface area (Å²) in [6.07, 6.45) is 4.39. The molecule has 0 bridgehead atoms. The average Bonchev–Trinajstić information content (AvgIpc) is 3.62. The SMILES string of the molecule is COc1ccc(C=C(C)C=NNC(=O)C2CC2(c2ccccc2)c2ccccc2)cc1OC. The van der Waals surface area contributed by atoms with Crippen molar-refractivity contribution in [3.05, 3.63) is 101 Å². The van der Waals surface area contributed by atoms with Crippen LogP contribution in [0.2, 0.25) is 0 Å². The first-order valence-corrected chi connectivity index (χ1v) is 10.9. The molecule has 0 spiro atoms. The van der Waals surface area contributed by atoms with Crippen LogP contribution in [0.5, 0.6) is 11.5 Å². The molecule has 0 heterocycles. The van der Waals surface area contributed by atoms with Crippen molar-refractivity contribution < 1.29 is 14.3 Å². The molecule has 1 N–H and O–H groups in total. The summed E-state index contributed by atoms with van der Waals surface area (Å²) in [5, 5.41) is 4.21. The number of amides is 1. The van der Waals surface area contributed by atoms with Gasteiger partial charge in [-0.15, -0.1) is 0 Å². The molecule has 5 nitrogen and oxygen atoms in total. The Labute approximate surface area is 194 Å². The minimum atomic E-state index is -0.299. The molecule has 0 aliphatic heterocycles. The van der Waals surface area contributed by atoms with Crippen molar-refractivity contribution in [2.45, 2.75) is 18.8 Å². The summed E-state index contributed by atoms with van der Waals surface area (Å²) < 4.78 is 10.6. The van der Waals surface area contributed by atoms with Crippen LogP contribution in [0.1, 0.15) is 30.0 Å². The molecule has 4 rings (SSSR count). The minimum absolute atomic E-state index is 0.0714. The maximum absolute atomic E-state index is 13.0. The highest BCUT2D eigenvalue weighted by Crippen LogP contribution is 2.58. The predicted octanol–water partition coefficient (Wildman–Crippen LogP) is 5.22. The Morgan fingerprint density at radius 2 is 1.55 bits per heavy atom. The number of methoxy groups -OCH3 is 2. The fourth-order valence-corrected chi connectivity index (χ4v) is 4.37. The van der Waals surface area contributed by atoms with Crippen LogP contribution in [0.15, 0.2) is 89.5 Å². The number of allylic oxidation sites excluding steroid dienone is 1. The van der Waals surface area contributed by atoms with Crippen LogP contribution >= 0.6 is 0 Å². The molecule has 0 radical (unpaired) electrons. The lowest BCUT2D eigenvalue weighted by atomic mass is 9.85. The van der Waals surface area contributed by atoms with Crippen LogP contribution in [-0.2, 0) is 10.2 Å². The zero-order chi connectivity index (χ0) is 23.3. The van der Waals surface area contributed by atoms with Gasteiger partial charge in [-0.3, -0.25) is 4.79 Å². The van der Waals surface area contributed by atoms with Crippen molar-refractivity contribution in [2.24, 2.45) is 11.0 Å². The van der Waals surface area contributed by atoms with Gasteiger partial charge in [0.15, 0.2) is 11.5 Å². The van der Waals surface area contributed by atoms with E-state index in [2.05, 4.69) is 34.8 Å². The highest BCUT2D eigenvalue weighted by molar-refractivity contribution is 5.89. The summed E-state index contributed by atoms with van der Waals surface area (Å²) >= 11 is 0. The van der Waals surface area contributed by atoms with E-state index in [0.29, 0.717) is 11.5 Å². The molecule has 0 saturated heterocycles. The van der Waals surface area contributed by atoms with Crippen molar-refractivity contribution in [2.75, 3.05) is 14.2 Å². The first-order chi connectivity index (χ1) is 16.1. The number of nitrogens with zero attached hydrogens (tertiary/aromatic N) is 1. The number of hydrazone groups is 1. The molecule has 1 fully saturated rings. The van der Waals surface area contributed by atoms with Gasteiger partial charge in [-0.05, 0) is 47.7 Å². The van der Waals surface area contributed by atoms with Gasteiger partial charge in [0, 0.05) is 5.41 Å². The lowest BCUT2D eigenvalue weighted by Crippen LogP contribution is -2.25. The third-order valence-corrected chi connectivity index (χ3v) is 6.10. The summed E-state index contributed by atoms with van der Waals surface area (Å²) in [4.78, 5) is 13.0. The van der Waals surface area contributed by atoms with Crippen molar-refractivity contribution in [3.63, 3.8) is 0 Å². The number of carbonyl (C=O) groups is 1. The summed E-state index contributed by atoms with van der Waals surface area (Å²) in [6.45, 7) is 1.93. The predicted molar refractivity (Wildman–Crippen MR) is 132 cm³/mol. The average molecular weight is 441 g/mol. The Bertz CT molecular complexity index is 1130. The molecular formula is C28H28N2O3. The van der Waals surface area contributed by atoms with Crippen LogP contribution in [0.25, 0.3) is 6.08 Å². The first kappa shape index (κ1) is 22.3. The topological polar surface area (TPSA) is 59.9 Å². The van der Waals surface area contributed by atoms with E-state index in [-0.39, 0.29) is 17.2 Å². The molecule has 0 aromatic heterocycles. The molecular weight excluding hydrogens is 412 g/mol. The second-order valence-corrected chi connectivity index (χ2v) is 8.20. The summed E-state index contributed by atoms with van der Waals surface area (Å²) in [6, 6.07) is 26.2. The Balaban J connectivity index is 1.46. The third kappa shape index (κ3) is 4.67. The van der Waals surface area contributed by atoms with Gasteiger partial charge in [0.25, 0.3) is 0 Å². The van der Waals surface area contributed by atoms with Crippen LogP contribution < -0.4 is 14.9 Å². The first-order valence-electron chi connectivity index (χ1n) is 10.9. The summed E-state index contributed by atoms with van der Waals surface area (Å²) in [5.74, 6) is 1.11. The highest BCUT2D eigenvalue weighted by Gasteiger charge is 2.60. The number of benzene rings is 3. The van der Waals surface area contributed by atoms with Crippen LogP contribution in [0, 0.1) is 5.92 Å². The van der Waals surface area contributed by atoms with E-state index in [1.165, 1.54) is 0 Å². The Morgan fingerprint density at radius 3 is 2.12 bits per heavy atom. The smallest absolute Gasteiger partial charge is 0.244 e. The van der Waals surface area contributed by atoms with Gasteiger partial charge in [0.2, 0.25) is 5.91 Å². The van der Waals surface area contributed by atoms with Gasteiger partial charge in [-0.25, -0.2) is 5.43 Å². The third-order valence-electron chi connectivity index (χ3n) is 6.10. The largest absolute Gasteiger partial charge is 0.493 e. The van der Waals surface area contributed by atoms with E-state index in [1.807, 2.05) is 67.6 Å². The van der Waals surface area contributed by atoms with Gasteiger partial charge in [-0.1, -0.05) is 72.8 Å². The molecule has 3 aromatic carbocycles. The lowest BCUT2D eigenvalue weighted by molar-refractivity contribution is -0.122. The van der Waals surface area contributed by atoms with Crippen molar-refractivity contribution >= 4 is 18.2 Å². The number of hydrogen-bond donors (Lipinski definition) is 1. The van der Waals surface area contributed by atoms with E-state index < -0.39 is 0 Å². The van der Waals surface area contributed by atoms with E-state index in [0.717, 1.165) is 28.7 Å². The van der Waals surface area contributed by atoms with Gasteiger partial charge >= 0.3 is 0 Å². The molecule has 3 aromatic rings. The quantitative estimate of drug-likeness (QED) is 0.386. The van der Waals surface area contributed by atoms with E-state index in [9.17, 15) is 4.79 Å². The number of carbonyl (C=O) groups excluding carboxylic acids is 1. The van der Waals surface area contributed by atoms with E-state index in [1.54, 1.807) is 20.4 Å². The fraction of sp³-hybridized carbons (Fsp3) is 0.214. The van der Waals surface area contributed by atoms with Crippen molar-refractivity contribution in [3.8, 4) is 11.5 Å². The standard InChI is InChI=1S/C28H28N2O3/c1-20(16-21-14-15-25(32-2)26(17-21)33-3)19-29-30-27(31)24-18-28(24,22-10-6-4-7-11-22)23-12-8-5-9-13-23/h4-17,19,24H,18H2,1-3H3,(H,30,31). The molecule has 168 valence electrons. The molecule has 33 heavy (non-hydrogen) atoms. The van der Waals surface area contributed by atoms with Gasteiger partial charge in [0.1, 0.15) is 0 Å². The molecule has 5 heteroatoms. The molecule has 1 amide bonds. The minimum Gasteiger partial charge on any atom is -0.493 e. The zero-order valence-electron chi connectivity index (χ0n) is 19.1. The lowest BCUT2D eigenvalue weighted by Gasteiger charge is -2.18. The Kier molecular flexibility index (Phi) is 6.59. The maximum Gasteiger partial charge on any atom is 0.244 e. The van der Waals surface area contributed by atoms with Gasteiger partial charge < -0.3 is 9.47 Å². The second-order valence-electron chi connectivity index (χ2n) is 8.20. The molecule has 1 aliphatic carbocycles. The van der Waals surface area contributed by atoms with Crippen LogP contribution in [-0.4, -0.2) is 26.3 Å². The Morgan fingerprint density at radius 1 is 0.939 bits per heavy atom. The molecule has 1 aliphatic rings. The Hall–Kier alpha value is -3.86. The molecule has 1 saturated carbocycles. The summed E-state index contributed by atoms with van der Waals surface area (Å²) in [7, 11) is 3.22. The molecule has 1 unspecified atom stereocenters. The van der Waals surface area contributed by atoms with Crippen LogP contribution in [0.3, 0.4) is 0 Å². The monoisotopic (exact) mass is 440 g/mol. The normalized spacial score (nSPS) is 16.9. The number of hydrogen-bond acceptors (Lipinski definition) is 4. The highest BCUT2D eigenvalue weighted by atomic mass is 16.5. The fourth-order valence-electron chi connectivity index (χ4n) is 4.37. The number of ether oxygens (including phenoxy) is 2. The summed E-state index contributed by atoms with van der Waals surface area (Å²) in [5.41, 5.74) is 6.61. The van der Waals surface area contributed by atoms with E-state index >= 15 is 0 Å². The molecule has 1 atom stereocenters. The zero-order valence-corrected chi connectivity index (χ0v) is 19.1. The number of rotatable bonds is 8. The van der Waals surface area contributed by atoms with Crippen LogP contribution in [0.4, 0.5) is 0 Å². The maximum atomic E-state index is 13.0.